The van der Waals surface area contributed by atoms with Crippen LogP contribution in [-0.4, -0.2) is 27.4 Å². The Morgan fingerprint density at radius 1 is 1.03 bits per heavy atom. The van der Waals surface area contributed by atoms with Gasteiger partial charge in [-0.3, -0.25) is 9.10 Å². The molecule has 2 rings (SSSR count). The van der Waals surface area contributed by atoms with Crippen molar-refractivity contribution < 1.29 is 13.2 Å². The number of nitrogens with zero attached hydrogens (tertiary/aromatic N) is 1. The van der Waals surface area contributed by atoms with E-state index in [1.807, 2.05) is 19.1 Å². The van der Waals surface area contributed by atoms with E-state index in [9.17, 15) is 13.2 Å². The lowest BCUT2D eigenvalue weighted by molar-refractivity contribution is -0.119. The van der Waals surface area contributed by atoms with Gasteiger partial charge in [0.25, 0.3) is 10.0 Å². The lowest BCUT2D eigenvalue weighted by Crippen LogP contribution is -2.42. The molecule has 0 aromatic heterocycles. The molecule has 0 bridgehead atoms. The molecule has 158 valence electrons. The first-order valence-electron chi connectivity index (χ1n) is 10.3. The third kappa shape index (κ3) is 6.60. The van der Waals surface area contributed by atoms with E-state index < -0.39 is 10.0 Å². The molecule has 6 heteroatoms. The topological polar surface area (TPSA) is 66.5 Å². The number of carbonyl (C=O) groups is 1. The summed E-state index contributed by atoms with van der Waals surface area (Å²) in [6, 6.07) is 15.4. The van der Waals surface area contributed by atoms with Crippen molar-refractivity contribution in [1.29, 1.82) is 0 Å². The largest absolute Gasteiger partial charge is 0.354 e. The van der Waals surface area contributed by atoms with Crippen LogP contribution in [0, 0.1) is 12.8 Å². The van der Waals surface area contributed by atoms with Gasteiger partial charge in [-0.25, -0.2) is 8.42 Å². The van der Waals surface area contributed by atoms with Crippen LogP contribution in [0.15, 0.2) is 59.5 Å². The number of nitrogens with one attached hydrogen (secondary N) is 1. The third-order valence-electron chi connectivity index (χ3n) is 5.07. The van der Waals surface area contributed by atoms with Gasteiger partial charge in [0.15, 0.2) is 0 Å². The number of unbranched alkanes of at least 4 members (excludes halogenated alkanes) is 1. The van der Waals surface area contributed by atoms with Gasteiger partial charge >= 0.3 is 0 Å². The van der Waals surface area contributed by atoms with Crippen molar-refractivity contribution in [2.75, 3.05) is 17.4 Å². The van der Waals surface area contributed by atoms with Gasteiger partial charge in [0, 0.05) is 6.54 Å². The lowest BCUT2D eigenvalue weighted by Gasteiger charge is -2.25. The molecular weight excluding hydrogens is 384 g/mol. The van der Waals surface area contributed by atoms with Crippen LogP contribution in [-0.2, 0) is 14.8 Å². The molecule has 5 nitrogen and oxygen atoms in total. The molecular formula is C23H32N2O3S. The molecule has 0 aliphatic carbocycles. The number of hydrogen-bond acceptors (Lipinski definition) is 3. The summed E-state index contributed by atoms with van der Waals surface area (Å²) in [4.78, 5) is 12.8. The van der Waals surface area contributed by atoms with Crippen LogP contribution in [0.1, 0.15) is 45.1 Å². The highest BCUT2D eigenvalue weighted by Crippen LogP contribution is 2.24. The van der Waals surface area contributed by atoms with Crippen LogP contribution >= 0.6 is 0 Å². The van der Waals surface area contributed by atoms with Crippen molar-refractivity contribution in [3.63, 3.8) is 0 Å². The molecule has 1 N–H and O–H groups in total. The Kier molecular flexibility index (Phi) is 8.70. The quantitative estimate of drug-likeness (QED) is 0.585. The number of hydrogen-bond donors (Lipinski definition) is 1. The fraction of sp³-hybridized carbons (Fsp3) is 0.435. The fourth-order valence-electron chi connectivity index (χ4n) is 3.13. The molecule has 0 heterocycles. The number of carbonyl (C=O) groups excluding carboxylic acids is 1. The monoisotopic (exact) mass is 416 g/mol. The Morgan fingerprint density at radius 2 is 1.69 bits per heavy atom. The maximum Gasteiger partial charge on any atom is 0.264 e. The Morgan fingerprint density at radius 3 is 2.28 bits per heavy atom. The minimum atomic E-state index is -3.85. The first kappa shape index (κ1) is 22.9. The molecule has 1 amide bonds. The van der Waals surface area contributed by atoms with Gasteiger partial charge in [-0.15, -0.1) is 0 Å². The number of amides is 1. The van der Waals surface area contributed by atoms with Gasteiger partial charge in [-0.1, -0.05) is 69.0 Å². The van der Waals surface area contributed by atoms with Crippen molar-refractivity contribution >= 4 is 21.6 Å². The van der Waals surface area contributed by atoms with E-state index in [-0.39, 0.29) is 17.3 Å². The zero-order valence-electron chi connectivity index (χ0n) is 17.6. The second kappa shape index (κ2) is 11.0. The van der Waals surface area contributed by atoms with Crippen LogP contribution < -0.4 is 9.62 Å². The second-order valence-corrected chi connectivity index (χ2v) is 9.24. The summed E-state index contributed by atoms with van der Waals surface area (Å²) < 4.78 is 27.7. The van der Waals surface area contributed by atoms with E-state index in [0.717, 1.165) is 31.2 Å². The maximum absolute atomic E-state index is 13.2. The summed E-state index contributed by atoms with van der Waals surface area (Å²) in [7, 11) is -3.85. The molecule has 0 saturated heterocycles. The molecule has 2 aromatic carbocycles. The smallest absolute Gasteiger partial charge is 0.264 e. The van der Waals surface area contributed by atoms with Gasteiger partial charge in [-0.05, 0) is 43.5 Å². The van der Waals surface area contributed by atoms with E-state index >= 15 is 0 Å². The molecule has 2 aromatic rings. The molecule has 0 aliphatic heterocycles. The highest BCUT2D eigenvalue weighted by atomic mass is 32.2. The number of sulfonamides is 1. The summed E-state index contributed by atoms with van der Waals surface area (Å²) in [5, 5.41) is 2.93. The molecule has 0 aliphatic rings. The normalized spacial score (nSPS) is 12.4. The average Bonchev–Trinajstić information content (AvgIpc) is 2.73. The zero-order chi connectivity index (χ0) is 21.3. The van der Waals surface area contributed by atoms with Crippen LogP contribution in [0.5, 0.6) is 0 Å². The highest BCUT2D eigenvalue weighted by molar-refractivity contribution is 7.92. The van der Waals surface area contributed by atoms with Crippen molar-refractivity contribution in [1.82, 2.24) is 5.32 Å². The molecule has 0 saturated carbocycles. The standard InChI is InChI=1S/C23H32N2O3S/c1-4-6-10-20(5-2)17-24-23(26)18-25(21-15-13-19(3)14-16-21)29(27,28)22-11-8-7-9-12-22/h7-9,11-16,20H,4-6,10,17-18H2,1-3H3,(H,24,26)/t20-/m0/s1. The van der Waals surface area contributed by atoms with Crippen molar-refractivity contribution in [2.45, 2.75) is 51.3 Å². The zero-order valence-corrected chi connectivity index (χ0v) is 18.4. The average molecular weight is 417 g/mol. The van der Waals surface area contributed by atoms with Crippen LogP contribution in [0.4, 0.5) is 5.69 Å². The lowest BCUT2D eigenvalue weighted by atomic mass is 9.99. The summed E-state index contributed by atoms with van der Waals surface area (Å²) in [6.45, 7) is 6.53. The van der Waals surface area contributed by atoms with E-state index in [4.69, 9.17) is 0 Å². The van der Waals surface area contributed by atoms with E-state index in [1.165, 1.54) is 4.31 Å². The number of anilines is 1. The number of aryl methyl sites for hydroxylation is 1. The molecule has 1 atom stereocenters. The SMILES string of the molecule is CCCC[C@H](CC)CNC(=O)CN(c1ccc(C)cc1)S(=O)(=O)c1ccccc1. The Labute approximate surface area is 175 Å². The van der Waals surface area contributed by atoms with Crippen LogP contribution in [0.3, 0.4) is 0 Å². The summed E-state index contributed by atoms with van der Waals surface area (Å²) in [5.74, 6) is 0.123. The van der Waals surface area contributed by atoms with E-state index in [0.29, 0.717) is 18.2 Å². The predicted molar refractivity (Wildman–Crippen MR) is 118 cm³/mol. The third-order valence-corrected chi connectivity index (χ3v) is 6.86. The Hall–Kier alpha value is -2.34. The number of rotatable bonds is 11. The molecule has 0 fully saturated rings. The highest BCUT2D eigenvalue weighted by Gasteiger charge is 2.27. The Balaban J connectivity index is 2.20. The first-order chi connectivity index (χ1) is 13.9. The van der Waals surface area contributed by atoms with Gasteiger partial charge in [0.1, 0.15) is 6.54 Å². The van der Waals surface area contributed by atoms with Gasteiger partial charge < -0.3 is 5.32 Å². The van der Waals surface area contributed by atoms with Crippen molar-refractivity contribution in [3.05, 3.63) is 60.2 Å². The van der Waals surface area contributed by atoms with Gasteiger partial charge in [0.2, 0.25) is 5.91 Å². The second-order valence-electron chi connectivity index (χ2n) is 7.38. The molecule has 0 radical (unpaired) electrons. The van der Waals surface area contributed by atoms with Crippen molar-refractivity contribution in [2.24, 2.45) is 5.92 Å². The minimum Gasteiger partial charge on any atom is -0.354 e. The summed E-state index contributed by atoms with van der Waals surface area (Å²) >= 11 is 0. The van der Waals surface area contributed by atoms with Crippen molar-refractivity contribution in [3.8, 4) is 0 Å². The molecule has 0 unspecified atom stereocenters. The van der Waals surface area contributed by atoms with Crippen LogP contribution in [0.25, 0.3) is 0 Å². The molecule has 0 spiro atoms. The fourth-order valence-corrected chi connectivity index (χ4v) is 4.58. The van der Waals surface area contributed by atoms with E-state index in [2.05, 4.69) is 19.2 Å². The number of benzene rings is 2. The van der Waals surface area contributed by atoms with Gasteiger partial charge in [-0.2, -0.15) is 0 Å². The molecule has 29 heavy (non-hydrogen) atoms. The summed E-state index contributed by atoms with van der Waals surface area (Å²) in [6.07, 6.45) is 4.31. The minimum absolute atomic E-state index is 0.169. The summed E-state index contributed by atoms with van der Waals surface area (Å²) in [5.41, 5.74) is 1.50. The Bertz CT molecular complexity index is 865. The van der Waals surface area contributed by atoms with Crippen LogP contribution in [0.2, 0.25) is 0 Å². The first-order valence-corrected chi connectivity index (χ1v) is 11.7. The van der Waals surface area contributed by atoms with E-state index in [1.54, 1.807) is 42.5 Å². The predicted octanol–water partition coefficient (Wildman–Crippen LogP) is 4.52. The van der Waals surface area contributed by atoms with Gasteiger partial charge in [0.05, 0.1) is 10.6 Å². The maximum atomic E-state index is 13.2.